The number of para-hydroxylation sites is 1. The Balaban J connectivity index is 1.19. The topological polar surface area (TPSA) is 160 Å². The number of hydrogen-bond acceptors (Lipinski definition) is 11. The molecule has 210 valence electrons. The summed E-state index contributed by atoms with van der Waals surface area (Å²) in [5.41, 5.74) is 1.53. The summed E-state index contributed by atoms with van der Waals surface area (Å²) in [6.07, 6.45) is 0. The lowest BCUT2D eigenvalue weighted by Crippen LogP contribution is -2.27. The fourth-order valence-corrected chi connectivity index (χ4v) is 4.41. The van der Waals surface area contributed by atoms with Gasteiger partial charge >= 0.3 is 0 Å². The van der Waals surface area contributed by atoms with Gasteiger partial charge in [0, 0.05) is 24.5 Å². The molecular formula is C27H31N7O5S. The zero-order valence-electron chi connectivity index (χ0n) is 21.7. The van der Waals surface area contributed by atoms with E-state index in [1.807, 2.05) is 30.3 Å². The maximum absolute atomic E-state index is 12.2. The van der Waals surface area contributed by atoms with Gasteiger partial charge in [-0.2, -0.15) is 15.0 Å². The predicted octanol–water partition coefficient (Wildman–Crippen LogP) is 3.49. The molecule has 0 aliphatic rings. The average Bonchev–Trinajstić information content (AvgIpc) is 2.96. The van der Waals surface area contributed by atoms with Crippen LogP contribution in [0.5, 0.6) is 5.75 Å². The number of benzene rings is 3. The van der Waals surface area contributed by atoms with E-state index < -0.39 is 10.0 Å². The van der Waals surface area contributed by atoms with Gasteiger partial charge in [0.2, 0.25) is 27.9 Å². The van der Waals surface area contributed by atoms with Crippen molar-refractivity contribution in [1.29, 1.82) is 0 Å². The largest absolute Gasteiger partial charge is 0.508 e. The van der Waals surface area contributed by atoms with E-state index in [0.29, 0.717) is 49.9 Å². The molecule has 1 heterocycles. The summed E-state index contributed by atoms with van der Waals surface area (Å²) < 4.78 is 37.9. The Morgan fingerprint density at radius 3 is 1.77 bits per heavy atom. The van der Waals surface area contributed by atoms with Gasteiger partial charge < -0.3 is 30.5 Å². The number of aromatic nitrogens is 3. The third-order valence-corrected chi connectivity index (χ3v) is 6.76. The smallest absolute Gasteiger partial charge is 0.240 e. The summed E-state index contributed by atoms with van der Waals surface area (Å²) in [7, 11) is -3.54. The van der Waals surface area contributed by atoms with Crippen LogP contribution in [0.2, 0.25) is 0 Å². The molecule has 0 atom stereocenters. The zero-order valence-corrected chi connectivity index (χ0v) is 22.5. The molecule has 0 aliphatic heterocycles. The first-order valence-corrected chi connectivity index (χ1v) is 14.0. The molecule has 0 amide bonds. The van der Waals surface area contributed by atoms with Crippen LogP contribution in [0.25, 0.3) is 0 Å². The summed E-state index contributed by atoms with van der Waals surface area (Å²) in [6.45, 7) is 1.87. The number of aromatic hydroxyl groups is 1. The fourth-order valence-electron chi connectivity index (χ4n) is 3.38. The van der Waals surface area contributed by atoms with Gasteiger partial charge in [0.05, 0.1) is 31.3 Å². The van der Waals surface area contributed by atoms with Gasteiger partial charge in [-0.3, -0.25) is 0 Å². The highest BCUT2D eigenvalue weighted by Gasteiger charge is 2.12. The highest BCUT2D eigenvalue weighted by Crippen LogP contribution is 2.20. The Hall–Kier alpha value is -4.30. The average molecular weight is 566 g/mol. The molecule has 0 bridgehead atoms. The Morgan fingerprint density at radius 1 is 0.625 bits per heavy atom. The molecule has 0 saturated heterocycles. The maximum Gasteiger partial charge on any atom is 0.240 e. The molecule has 0 radical (unpaired) electrons. The van der Waals surface area contributed by atoms with E-state index in [9.17, 15) is 13.5 Å². The number of sulfonamides is 1. The number of phenols is 1. The van der Waals surface area contributed by atoms with E-state index in [4.69, 9.17) is 9.47 Å². The van der Waals surface area contributed by atoms with E-state index >= 15 is 0 Å². The fraction of sp³-hybridized carbons (Fsp3) is 0.222. The van der Waals surface area contributed by atoms with Crippen LogP contribution >= 0.6 is 0 Å². The lowest BCUT2D eigenvalue weighted by molar-refractivity contribution is 0.0539. The molecular weight excluding hydrogens is 534 g/mol. The van der Waals surface area contributed by atoms with E-state index in [2.05, 4.69) is 35.6 Å². The minimum absolute atomic E-state index is 0.160. The highest BCUT2D eigenvalue weighted by atomic mass is 32.2. The number of anilines is 5. The van der Waals surface area contributed by atoms with E-state index in [1.54, 1.807) is 42.5 Å². The van der Waals surface area contributed by atoms with Crippen LogP contribution in [0.15, 0.2) is 89.8 Å². The van der Waals surface area contributed by atoms with Gasteiger partial charge in [0.1, 0.15) is 5.75 Å². The van der Waals surface area contributed by atoms with Crippen LogP contribution in [0.4, 0.5) is 29.2 Å². The van der Waals surface area contributed by atoms with Crippen LogP contribution in [-0.2, 0) is 19.5 Å². The Labute approximate surface area is 232 Å². The van der Waals surface area contributed by atoms with Crippen molar-refractivity contribution >= 4 is 39.2 Å². The van der Waals surface area contributed by atoms with E-state index in [-0.39, 0.29) is 23.8 Å². The second-order valence-corrected chi connectivity index (χ2v) is 10.1. The summed E-state index contributed by atoms with van der Waals surface area (Å²) in [5.74, 6) is 1.18. The van der Waals surface area contributed by atoms with Crippen molar-refractivity contribution in [2.24, 2.45) is 0 Å². The van der Waals surface area contributed by atoms with Crippen LogP contribution in [0.1, 0.15) is 0 Å². The molecule has 0 fully saturated rings. The first-order valence-electron chi connectivity index (χ1n) is 12.6. The molecule has 13 heteroatoms. The van der Waals surface area contributed by atoms with E-state index in [1.165, 1.54) is 12.1 Å². The minimum atomic E-state index is -3.54. The van der Waals surface area contributed by atoms with Crippen molar-refractivity contribution < 1.29 is 23.0 Å². The first-order chi connectivity index (χ1) is 19.5. The Bertz CT molecular complexity index is 1430. The molecule has 0 spiro atoms. The van der Waals surface area contributed by atoms with Crippen LogP contribution in [0, 0.1) is 0 Å². The number of nitrogens with zero attached hydrogens (tertiary/aromatic N) is 3. The lowest BCUT2D eigenvalue weighted by Gasteiger charge is -2.12. The molecule has 3 aromatic carbocycles. The summed E-state index contributed by atoms with van der Waals surface area (Å²) in [5, 5.41) is 18.9. The second-order valence-electron chi connectivity index (χ2n) is 8.33. The molecule has 0 saturated carbocycles. The van der Waals surface area contributed by atoms with E-state index in [0.717, 1.165) is 5.69 Å². The molecule has 5 N–H and O–H groups in total. The Kier molecular flexibility index (Phi) is 10.6. The van der Waals surface area contributed by atoms with Crippen molar-refractivity contribution in [3.05, 3.63) is 84.9 Å². The summed E-state index contributed by atoms with van der Waals surface area (Å²) >= 11 is 0. The zero-order chi connectivity index (χ0) is 28.0. The quantitative estimate of drug-likeness (QED) is 0.0999. The molecule has 1 aromatic heterocycles. The number of ether oxygens (including phenoxy) is 2. The van der Waals surface area contributed by atoms with Crippen LogP contribution < -0.4 is 20.7 Å². The SMILES string of the molecule is O=S(=O)(NCCOCCOCCNc1nc(Nc2ccccc2)nc(Nc2ccc(O)cc2)n1)c1ccccc1. The third-order valence-electron chi connectivity index (χ3n) is 5.28. The molecule has 4 rings (SSSR count). The number of phenolic OH excluding ortho intramolecular Hbond substituents is 1. The lowest BCUT2D eigenvalue weighted by atomic mass is 10.3. The van der Waals surface area contributed by atoms with Crippen molar-refractivity contribution in [3.8, 4) is 5.75 Å². The van der Waals surface area contributed by atoms with Crippen molar-refractivity contribution in [2.45, 2.75) is 4.90 Å². The summed E-state index contributed by atoms with van der Waals surface area (Å²) in [4.78, 5) is 13.5. The minimum Gasteiger partial charge on any atom is -0.508 e. The predicted molar refractivity (Wildman–Crippen MR) is 153 cm³/mol. The highest BCUT2D eigenvalue weighted by molar-refractivity contribution is 7.89. The van der Waals surface area contributed by atoms with Crippen molar-refractivity contribution in [2.75, 3.05) is 55.5 Å². The van der Waals surface area contributed by atoms with Crippen molar-refractivity contribution in [3.63, 3.8) is 0 Å². The Morgan fingerprint density at radius 2 is 1.15 bits per heavy atom. The maximum atomic E-state index is 12.2. The number of rotatable bonds is 16. The monoisotopic (exact) mass is 565 g/mol. The van der Waals surface area contributed by atoms with Gasteiger partial charge in [0.15, 0.2) is 0 Å². The van der Waals surface area contributed by atoms with Gasteiger partial charge in [-0.05, 0) is 48.5 Å². The van der Waals surface area contributed by atoms with Crippen LogP contribution in [0.3, 0.4) is 0 Å². The third kappa shape index (κ3) is 9.47. The standard InChI is InChI=1S/C27H31N7O5S/c35-23-13-11-22(12-14-23)31-27-33-25(32-26(34-27)30-21-7-3-1-4-8-21)28-15-17-38-19-20-39-18-16-29-40(36,37)24-9-5-2-6-10-24/h1-14,29,35H,15-20H2,(H3,28,30,31,32,33,34). The molecule has 40 heavy (non-hydrogen) atoms. The van der Waals surface area contributed by atoms with Gasteiger partial charge in [-0.15, -0.1) is 0 Å². The van der Waals surface area contributed by atoms with Crippen molar-refractivity contribution in [1.82, 2.24) is 19.7 Å². The number of hydrogen-bond donors (Lipinski definition) is 5. The van der Waals surface area contributed by atoms with Gasteiger partial charge in [-0.1, -0.05) is 36.4 Å². The molecule has 12 nitrogen and oxygen atoms in total. The summed E-state index contributed by atoms with van der Waals surface area (Å²) in [6, 6.07) is 24.3. The van der Waals surface area contributed by atoms with Gasteiger partial charge in [0.25, 0.3) is 0 Å². The number of nitrogens with one attached hydrogen (secondary N) is 4. The van der Waals surface area contributed by atoms with Gasteiger partial charge in [-0.25, -0.2) is 13.1 Å². The molecule has 0 aliphatic carbocycles. The molecule has 4 aromatic rings. The molecule has 0 unspecified atom stereocenters. The van der Waals surface area contributed by atoms with Crippen LogP contribution in [-0.4, -0.2) is 68.0 Å². The normalized spacial score (nSPS) is 11.2. The second kappa shape index (κ2) is 14.7. The first kappa shape index (κ1) is 28.7.